The molecule has 0 atom stereocenters. The van der Waals surface area contributed by atoms with E-state index in [-0.39, 0.29) is 12.4 Å². The van der Waals surface area contributed by atoms with Gasteiger partial charge in [-0.05, 0) is 36.6 Å². The van der Waals surface area contributed by atoms with Gasteiger partial charge >= 0.3 is 0 Å². The fourth-order valence-electron chi connectivity index (χ4n) is 2.47. The van der Waals surface area contributed by atoms with E-state index in [1.807, 2.05) is 6.07 Å². The molecule has 1 saturated carbocycles. The number of hydrogen-bond donors (Lipinski definition) is 1. The van der Waals surface area contributed by atoms with E-state index in [4.69, 9.17) is 9.84 Å². The van der Waals surface area contributed by atoms with Crippen molar-refractivity contribution in [2.75, 3.05) is 6.61 Å². The summed E-state index contributed by atoms with van der Waals surface area (Å²) in [4.78, 5) is 0. The molecule has 0 heterocycles. The molecule has 1 fully saturated rings. The lowest BCUT2D eigenvalue weighted by Gasteiger charge is -2.22. The molecular formula is C17H21FO2. The highest BCUT2D eigenvalue weighted by molar-refractivity contribution is 5.37. The quantitative estimate of drug-likeness (QED) is 0.854. The zero-order valence-electron chi connectivity index (χ0n) is 11.7. The molecule has 0 unspecified atom stereocenters. The first-order valence-corrected chi connectivity index (χ1v) is 7.29. The van der Waals surface area contributed by atoms with Crippen LogP contribution in [0.5, 0.6) is 0 Å². The number of rotatable bonds is 4. The Hall–Kier alpha value is -1.37. The van der Waals surface area contributed by atoms with Crippen LogP contribution in [0.2, 0.25) is 0 Å². The van der Waals surface area contributed by atoms with Gasteiger partial charge in [-0.2, -0.15) is 0 Å². The van der Waals surface area contributed by atoms with E-state index in [1.165, 1.54) is 31.4 Å². The standard InChI is InChI=1S/C17H21FO2/c18-16-11-14(6-4-5-9-19)10-15(12-16)13-20-17-7-2-1-3-8-17/h10-12,17,19H,1-3,5,7-9,13H2. The molecule has 0 radical (unpaired) electrons. The van der Waals surface area contributed by atoms with Crippen molar-refractivity contribution in [2.24, 2.45) is 0 Å². The highest BCUT2D eigenvalue weighted by atomic mass is 19.1. The minimum Gasteiger partial charge on any atom is -0.395 e. The van der Waals surface area contributed by atoms with E-state index in [0.717, 1.165) is 18.4 Å². The van der Waals surface area contributed by atoms with E-state index in [9.17, 15) is 4.39 Å². The van der Waals surface area contributed by atoms with Crippen molar-refractivity contribution in [3.05, 3.63) is 35.1 Å². The third-order valence-electron chi connectivity index (χ3n) is 3.47. The van der Waals surface area contributed by atoms with Crippen molar-refractivity contribution in [1.82, 2.24) is 0 Å². The van der Waals surface area contributed by atoms with Crippen LogP contribution >= 0.6 is 0 Å². The summed E-state index contributed by atoms with van der Waals surface area (Å²) < 4.78 is 19.4. The van der Waals surface area contributed by atoms with E-state index in [0.29, 0.717) is 24.7 Å². The number of aliphatic hydroxyl groups excluding tert-OH is 1. The average Bonchev–Trinajstić information content (AvgIpc) is 2.46. The second-order valence-corrected chi connectivity index (χ2v) is 5.19. The van der Waals surface area contributed by atoms with Gasteiger partial charge in [0.1, 0.15) is 5.82 Å². The van der Waals surface area contributed by atoms with Crippen molar-refractivity contribution in [2.45, 2.75) is 51.2 Å². The van der Waals surface area contributed by atoms with Gasteiger partial charge in [0.2, 0.25) is 0 Å². The SMILES string of the molecule is OCCC#Cc1cc(F)cc(COC2CCCCC2)c1. The number of ether oxygens (including phenoxy) is 1. The summed E-state index contributed by atoms with van der Waals surface area (Å²) in [6, 6.07) is 4.77. The number of hydrogen-bond acceptors (Lipinski definition) is 2. The van der Waals surface area contributed by atoms with Gasteiger partial charge < -0.3 is 9.84 Å². The van der Waals surface area contributed by atoms with Gasteiger partial charge in [0.25, 0.3) is 0 Å². The summed E-state index contributed by atoms with van der Waals surface area (Å²) in [5.74, 6) is 5.37. The molecule has 0 spiro atoms. The predicted molar refractivity (Wildman–Crippen MR) is 76.6 cm³/mol. The Balaban J connectivity index is 1.95. The number of aliphatic hydroxyl groups is 1. The summed E-state index contributed by atoms with van der Waals surface area (Å²) in [5, 5.41) is 8.69. The Labute approximate surface area is 120 Å². The summed E-state index contributed by atoms with van der Waals surface area (Å²) in [6.45, 7) is 0.469. The third kappa shape index (κ3) is 4.96. The Morgan fingerprint density at radius 2 is 2.00 bits per heavy atom. The number of benzene rings is 1. The molecule has 1 N–H and O–H groups in total. The zero-order chi connectivity index (χ0) is 14.2. The fraction of sp³-hybridized carbons (Fsp3) is 0.529. The lowest BCUT2D eigenvalue weighted by Crippen LogP contribution is -2.16. The average molecular weight is 276 g/mol. The zero-order valence-corrected chi connectivity index (χ0v) is 11.7. The maximum absolute atomic E-state index is 13.5. The summed E-state index contributed by atoms with van der Waals surface area (Å²) in [7, 11) is 0. The van der Waals surface area contributed by atoms with Gasteiger partial charge in [-0.25, -0.2) is 4.39 Å². The largest absolute Gasteiger partial charge is 0.395 e. The molecule has 0 amide bonds. The molecule has 3 heteroatoms. The van der Waals surface area contributed by atoms with Gasteiger partial charge in [-0.1, -0.05) is 31.1 Å². The monoisotopic (exact) mass is 276 g/mol. The maximum Gasteiger partial charge on any atom is 0.124 e. The Bertz CT molecular complexity index is 481. The van der Waals surface area contributed by atoms with Crippen molar-refractivity contribution in [3.63, 3.8) is 0 Å². The first-order chi connectivity index (χ1) is 9.78. The molecule has 2 nitrogen and oxygen atoms in total. The Morgan fingerprint density at radius 1 is 1.20 bits per heavy atom. The molecule has 108 valence electrons. The molecule has 2 rings (SSSR count). The highest BCUT2D eigenvalue weighted by Crippen LogP contribution is 2.21. The van der Waals surface area contributed by atoms with Crippen molar-refractivity contribution in [1.29, 1.82) is 0 Å². The Morgan fingerprint density at radius 3 is 2.75 bits per heavy atom. The van der Waals surface area contributed by atoms with Crippen LogP contribution in [0.3, 0.4) is 0 Å². The van der Waals surface area contributed by atoms with Crippen LogP contribution in [0.25, 0.3) is 0 Å². The van der Waals surface area contributed by atoms with Gasteiger partial charge in [-0.15, -0.1) is 0 Å². The van der Waals surface area contributed by atoms with Gasteiger partial charge in [0, 0.05) is 12.0 Å². The molecule has 0 saturated heterocycles. The van der Waals surface area contributed by atoms with Crippen molar-refractivity contribution in [3.8, 4) is 11.8 Å². The maximum atomic E-state index is 13.5. The van der Waals surface area contributed by atoms with E-state index in [1.54, 1.807) is 0 Å². The second-order valence-electron chi connectivity index (χ2n) is 5.19. The minimum atomic E-state index is -0.289. The molecule has 0 bridgehead atoms. The molecular weight excluding hydrogens is 255 g/mol. The van der Waals surface area contributed by atoms with Gasteiger partial charge in [-0.3, -0.25) is 0 Å². The molecule has 1 aliphatic carbocycles. The summed E-state index contributed by atoms with van der Waals surface area (Å²) in [6.07, 6.45) is 6.69. The van der Waals surface area contributed by atoms with Gasteiger partial charge in [0.15, 0.2) is 0 Å². The van der Waals surface area contributed by atoms with E-state index < -0.39 is 0 Å². The third-order valence-corrected chi connectivity index (χ3v) is 3.47. The van der Waals surface area contributed by atoms with E-state index in [2.05, 4.69) is 11.8 Å². The van der Waals surface area contributed by atoms with Crippen LogP contribution < -0.4 is 0 Å². The van der Waals surface area contributed by atoms with Crippen LogP contribution in [-0.2, 0) is 11.3 Å². The summed E-state index contributed by atoms with van der Waals surface area (Å²) in [5.41, 5.74) is 1.46. The lowest BCUT2D eigenvalue weighted by atomic mass is 9.98. The molecule has 1 aliphatic rings. The smallest absolute Gasteiger partial charge is 0.124 e. The lowest BCUT2D eigenvalue weighted by molar-refractivity contribution is 0.0167. The molecule has 1 aromatic rings. The topological polar surface area (TPSA) is 29.5 Å². The second kappa shape index (κ2) is 8.04. The molecule has 0 aliphatic heterocycles. The van der Waals surface area contributed by atoms with Crippen LogP contribution in [-0.4, -0.2) is 17.8 Å². The Kier molecular flexibility index (Phi) is 6.04. The van der Waals surface area contributed by atoms with Crippen LogP contribution in [0.1, 0.15) is 49.7 Å². The van der Waals surface area contributed by atoms with Crippen LogP contribution in [0, 0.1) is 17.7 Å². The van der Waals surface area contributed by atoms with Crippen molar-refractivity contribution < 1.29 is 14.2 Å². The summed E-state index contributed by atoms with van der Waals surface area (Å²) >= 11 is 0. The predicted octanol–water partition coefficient (Wildman–Crippen LogP) is 3.41. The van der Waals surface area contributed by atoms with Crippen LogP contribution in [0.15, 0.2) is 18.2 Å². The minimum absolute atomic E-state index is 0.0277. The first-order valence-electron chi connectivity index (χ1n) is 7.29. The molecule has 20 heavy (non-hydrogen) atoms. The fourth-order valence-corrected chi connectivity index (χ4v) is 2.47. The highest BCUT2D eigenvalue weighted by Gasteiger charge is 2.13. The van der Waals surface area contributed by atoms with Crippen molar-refractivity contribution >= 4 is 0 Å². The normalized spacial score (nSPS) is 15.7. The van der Waals surface area contributed by atoms with Crippen LogP contribution in [0.4, 0.5) is 4.39 Å². The first kappa shape index (κ1) is 15.0. The molecule has 0 aromatic heterocycles. The number of halogens is 1. The van der Waals surface area contributed by atoms with E-state index >= 15 is 0 Å². The van der Waals surface area contributed by atoms with Gasteiger partial charge in [0.05, 0.1) is 19.3 Å². The molecule has 1 aromatic carbocycles.